The van der Waals surface area contributed by atoms with Gasteiger partial charge in [0.05, 0.1) is 23.6 Å². The maximum atomic E-state index is 15.0. The number of piperidine rings is 1. The number of aliphatic hydroxyl groups is 1. The number of hydrogen-bond donors (Lipinski definition) is 2. The van der Waals surface area contributed by atoms with Crippen LogP contribution < -0.4 is 5.32 Å². The van der Waals surface area contributed by atoms with Crippen molar-refractivity contribution in [3.8, 4) is 0 Å². The van der Waals surface area contributed by atoms with Crippen molar-refractivity contribution in [1.82, 2.24) is 24.8 Å². The van der Waals surface area contributed by atoms with Crippen LogP contribution in [-0.4, -0.2) is 69.5 Å². The van der Waals surface area contributed by atoms with E-state index in [1.54, 1.807) is 24.0 Å². The number of carbonyl (C=O) groups excluding carboxylic acids is 1. The number of amides is 1. The number of nitrogens with zero attached hydrogens (tertiary/aromatic N) is 5. The Bertz CT molecular complexity index is 1290. The molecule has 10 heteroatoms. The van der Waals surface area contributed by atoms with E-state index in [9.17, 15) is 18.7 Å². The molecule has 1 unspecified atom stereocenters. The molecule has 37 heavy (non-hydrogen) atoms. The number of rotatable bonds is 7. The van der Waals surface area contributed by atoms with Crippen molar-refractivity contribution in [2.45, 2.75) is 51.4 Å². The van der Waals surface area contributed by atoms with Gasteiger partial charge in [-0.3, -0.25) is 4.79 Å². The first-order valence-corrected chi connectivity index (χ1v) is 12.5. The third-order valence-electron chi connectivity index (χ3n) is 7.02. The van der Waals surface area contributed by atoms with Crippen LogP contribution in [0.15, 0.2) is 30.6 Å². The minimum absolute atomic E-state index is 0.0101. The number of aryl methyl sites for hydroxylation is 1. The number of likely N-dealkylation sites (tertiary alicyclic amines) is 1. The van der Waals surface area contributed by atoms with Gasteiger partial charge in [0, 0.05) is 35.5 Å². The van der Waals surface area contributed by atoms with Gasteiger partial charge in [0.2, 0.25) is 5.91 Å². The molecule has 0 spiro atoms. The van der Waals surface area contributed by atoms with Crippen molar-refractivity contribution in [3.05, 3.63) is 58.8 Å². The van der Waals surface area contributed by atoms with Crippen LogP contribution in [-0.2, 0) is 10.4 Å². The lowest BCUT2D eigenvalue weighted by molar-refractivity contribution is -0.136. The summed E-state index contributed by atoms with van der Waals surface area (Å²) >= 11 is 0. The largest absolute Gasteiger partial charge is 0.385 e. The first-order chi connectivity index (χ1) is 17.5. The quantitative estimate of drug-likeness (QED) is 0.493. The molecule has 0 saturated carbocycles. The molecule has 1 fully saturated rings. The number of benzene rings is 1. The van der Waals surface area contributed by atoms with Crippen molar-refractivity contribution in [1.29, 1.82) is 0 Å². The number of fused-ring (bicyclic) bond motifs is 1. The summed E-state index contributed by atoms with van der Waals surface area (Å²) in [6, 6.07) is 6.00. The third kappa shape index (κ3) is 5.55. The first-order valence-electron chi connectivity index (χ1n) is 12.5. The average molecular weight is 513 g/mol. The molecule has 2 aromatic heterocycles. The van der Waals surface area contributed by atoms with Gasteiger partial charge in [-0.05, 0) is 53.8 Å². The predicted octanol–water partition coefficient (Wildman–Crippen LogP) is 4.05. The molecule has 0 radical (unpaired) electrons. The SMILES string of the molecule is Cc1nc2ncnc(N[C@H](C)c3cccc(C(C)F)c3F)c2cc1C1(O)CCN(C(=O)CN(C)C)CC1. The van der Waals surface area contributed by atoms with Crippen LogP contribution in [0.1, 0.15) is 61.3 Å². The molecule has 1 aliphatic rings. The molecule has 1 saturated heterocycles. The monoisotopic (exact) mass is 512 g/mol. The van der Waals surface area contributed by atoms with Gasteiger partial charge < -0.3 is 20.2 Å². The molecule has 3 aromatic rings. The van der Waals surface area contributed by atoms with E-state index in [4.69, 9.17) is 0 Å². The smallest absolute Gasteiger partial charge is 0.236 e. The summed E-state index contributed by atoms with van der Waals surface area (Å²) in [5.41, 5.74) is 0.926. The third-order valence-corrected chi connectivity index (χ3v) is 7.02. The molecule has 2 N–H and O–H groups in total. The summed E-state index contributed by atoms with van der Waals surface area (Å²) in [5.74, 6) is -0.116. The van der Waals surface area contributed by atoms with E-state index in [0.29, 0.717) is 66.1 Å². The molecule has 0 bridgehead atoms. The summed E-state index contributed by atoms with van der Waals surface area (Å²) in [6.45, 7) is 6.12. The van der Waals surface area contributed by atoms with Crippen molar-refractivity contribution in [2.24, 2.45) is 0 Å². The van der Waals surface area contributed by atoms with Crippen molar-refractivity contribution < 1.29 is 18.7 Å². The van der Waals surface area contributed by atoms with E-state index in [2.05, 4.69) is 20.3 Å². The van der Waals surface area contributed by atoms with Gasteiger partial charge in [-0.1, -0.05) is 18.2 Å². The second-order valence-electron chi connectivity index (χ2n) is 10.1. The zero-order chi connectivity index (χ0) is 26.9. The molecule has 2 atom stereocenters. The minimum Gasteiger partial charge on any atom is -0.385 e. The minimum atomic E-state index is -1.42. The van der Waals surface area contributed by atoms with Gasteiger partial charge in [-0.2, -0.15) is 0 Å². The fraction of sp³-hybridized carbons (Fsp3) is 0.481. The molecule has 1 aliphatic heterocycles. The number of hydrogen-bond acceptors (Lipinski definition) is 7. The average Bonchev–Trinajstić information content (AvgIpc) is 2.83. The van der Waals surface area contributed by atoms with Gasteiger partial charge >= 0.3 is 0 Å². The lowest BCUT2D eigenvalue weighted by Gasteiger charge is -2.39. The Balaban J connectivity index is 1.62. The second-order valence-corrected chi connectivity index (χ2v) is 10.1. The molecule has 0 aliphatic carbocycles. The molecule has 4 rings (SSSR count). The number of nitrogens with one attached hydrogen (secondary N) is 1. The van der Waals surface area contributed by atoms with E-state index < -0.39 is 23.6 Å². The molecular formula is C27H34F2N6O2. The zero-order valence-corrected chi connectivity index (χ0v) is 21.9. The van der Waals surface area contributed by atoms with E-state index in [-0.39, 0.29) is 11.5 Å². The number of anilines is 1. The summed E-state index contributed by atoms with van der Waals surface area (Å²) in [5, 5.41) is 15.4. The summed E-state index contributed by atoms with van der Waals surface area (Å²) < 4.78 is 28.8. The van der Waals surface area contributed by atoms with Crippen LogP contribution in [0.2, 0.25) is 0 Å². The fourth-order valence-electron chi connectivity index (χ4n) is 4.92. The zero-order valence-electron chi connectivity index (χ0n) is 21.9. The van der Waals surface area contributed by atoms with Gasteiger partial charge in [-0.15, -0.1) is 0 Å². The molecule has 1 amide bonds. The van der Waals surface area contributed by atoms with Crippen LogP contribution in [0.5, 0.6) is 0 Å². The number of pyridine rings is 1. The highest BCUT2D eigenvalue weighted by atomic mass is 19.1. The molecular weight excluding hydrogens is 478 g/mol. The van der Waals surface area contributed by atoms with Gasteiger partial charge in [-0.25, -0.2) is 23.7 Å². The number of likely N-dealkylation sites (N-methyl/N-ethyl adjacent to an activating group) is 1. The first kappa shape index (κ1) is 26.8. The fourth-order valence-corrected chi connectivity index (χ4v) is 4.92. The Hall–Kier alpha value is -3.24. The molecule has 1 aromatic carbocycles. The Morgan fingerprint density at radius 2 is 1.89 bits per heavy atom. The molecule has 3 heterocycles. The molecule has 8 nitrogen and oxygen atoms in total. The molecule has 198 valence electrons. The van der Waals surface area contributed by atoms with E-state index in [0.717, 1.165) is 0 Å². The number of alkyl halides is 1. The second kappa shape index (κ2) is 10.6. The highest BCUT2D eigenvalue weighted by Gasteiger charge is 2.37. The summed E-state index contributed by atoms with van der Waals surface area (Å²) in [7, 11) is 3.70. The van der Waals surface area contributed by atoms with E-state index >= 15 is 0 Å². The standard InChI is InChI=1S/C27H34F2N6O2/c1-16(28)19-7-6-8-20(24(19)29)17(2)32-25-21-13-22(18(3)33-26(21)31-15-30-25)27(37)9-11-35(12-10-27)23(36)14-34(4)5/h6-8,13,15-17,37H,9-12,14H2,1-5H3,(H,30,31,32,33)/t16?,17-/m1/s1. The van der Waals surface area contributed by atoms with Gasteiger partial charge in [0.1, 0.15) is 24.1 Å². The maximum Gasteiger partial charge on any atom is 0.236 e. The topological polar surface area (TPSA) is 94.5 Å². The summed E-state index contributed by atoms with van der Waals surface area (Å²) in [6.07, 6.45) is 0.717. The Morgan fingerprint density at radius 1 is 1.22 bits per heavy atom. The lowest BCUT2D eigenvalue weighted by Crippen LogP contribution is -2.47. The van der Waals surface area contributed by atoms with Crippen molar-refractivity contribution in [2.75, 3.05) is 39.0 Å². The highest BCUT2D eigenvalue weighted by Crippen LogP contribution is 2.37. The van der Waals surface area contributed by atoms with Crippen molar-refractivity contribution >= 4 is 22.8 Å². The predicted molar refractivity (Wildman–Crippen MR) is 138 cm³/mol. The lowest BCUT2D eigenvalue weighted by atomic mass is 9.83. The normalized spacial score (nSPS) is 17.2. The van der Waals surface area contributed by atoms with Crippen LogP contribution in [0.4, 0.5) is 14.6 Å². The Morgan fingerprint density at radius 3 is 2.54 bits per heavy atom. The number of aromatic nitrogens is 3. The van der Waals surface area contributed by atoms with Crippen LogP contribution in [0.25, 0.3) is 11.0 Å². The number of halogens is 2. The van der Waals surface area contributed by atoms with E-state index in [1.165, 1.54) is 19.3 Å². The van der Waals surface area contributed by atoms with Gasteiger partial charge in [0.15, 0.2) is 5.65 Å². The van der Waals surface area contributed by atoms with Crippen LogP contribution in [0, 0.1) is 12.7 Å². The highest BCUT2D eigenvalue weighted by molar-refractivity contribution is 5.87. The maximum absolute atomic E-state index is 15.0. The van der Waals surface area contributed by atoms with Gasteiger partial charge in [0.25, 0.3) is 0 Å². The number of carbonyl (C=O) groups is 1. The van der Waals surface area contributed by atoms with Crippen LogP contribution in [0.3, 0.4) is 0 Å². The Labute approximate surface area is 215 Å². The van der Waals surface area contributed by atoms with Crippen molar-refractivity contribution in [3.63, 3.8) is 0 Å². The van der Waals surface area contributed by atoms with Crippen LogP contribution >= 0.6 is 0 Å². The summed E-state index contributed by atoms with van der Waals surface area (Å²) in [4.78, 5) is 29.3. The van der Waals surface area contributed by atoms with E-state index in [1.807, 2.05) is 32.0 Å². The Kier molecular flexibility index (Phi) is 7.70.